The van der Waals surface area contributed by atoms with Crippen molar-refractivity contribution in [2.45, 2.75) is 5.38 Å². The molecule has 0 saturated carbocycles. The van der Waals surface area contributed by atoms with Crippen LogP contribution < -0.4 is 0 Å². The summed E-state index contributed by atoms with van der Waals surface area (Å²) in [6, 6.07) is 0. The molecule has 0 saturated heterocycles. The molecule has 1 atom stereocenters. The zero-order chi connectivity index (χ0) is 5.86. The third-order valence-corrected chi connectivity index (χ3v) is 0.676. The second-order valence-corrected chi connectivity index (χ2v) is 1.30. The van der Waals surface area contributed by atoms with E-state index in [4.69, 9.17) is 16.7 Å². The average molecular weight is 119 g/mol. The summed E-state index contributed by atoms with van der Waals surface area (Å²) in [5.74, 6) is 0.654. The van der Waals surface area contributed by atoms with Crippen molar-refractivity contribution in [2.75, 3.05) is 0 Å². The third kappa shape index (κ3) is 2.07. The highest BCUT2D eigenvalue weighted by atomic mass is 35.5. The van der Waals surface area contributed by atoms with Gasteiger partial charge in [0.15, 0.2) is 5.38 Å². The molecule has 1 N–H and O–H groups in total. The van der Waals surface area contributed by atoms with E-state index in [0.29, 0.717) is 0 Å². The van der Waals surface area contributed by atoms with Crippen LogP contribution in [0.25, 0.3) is 0 Å². The van der Waals surface area contributed by atoms with Crippen LogP contribution >= 0.6 is 11.6 Å². The third-order valence-electron chi connectivity index (χ3n) is 0.363. The molecule has 0 rings (SSSR count). The number of carbonyl (C=O) groups is 1. The van der Waals surface area contributed by atoms with Crippen LogP contribution in [0.4, 0.5) is 0 Å². The van der Waals surface area contributed by atoms with Crippen molar-refractivity contribution >= 4 is 17.6 Å². The number of aliphatic carboxylic acids is 1. The fourth-order valence-electron chi connectivity index (χ4n) is 0.0713. The molecule has 1 unspecified atom stereocenters. The van der Waals surface area contributed by atoms with E-state index in [1.165, 1.54) is 0 Å². The Kier molecular flexibility index (Phi) is 2.24. The molecule has 3 heteroatoms. The molecule has 0 amide bonds. The maximum absolute atomic E-state index is 9.66. The second kappa shape index (κ2) is 2.49. The van der Waals surface area contributed by atoms with Crippen molar-refractivity contribution in [3.8, 4) is 12.3 Å². The van der Waals surface area contributed by atoms with Gasteiger partial charge in [0.05, 0.1) is 0 Å². The first-order valence-electron chi connectivity index (χ1n) is 1.51. The van der Waals surface area contributed by atoms with Crippen LogP contribution in [0.5, 0.6) is 0 Å². The number of rotatable bonds is 1. The van der Waals surface area contributed by atoms with Gasteiger partial charge in [0.25, 0.3) is 0 Å². The molecule has 0 aliphatic heterocycles. The number of alkyl halides is 1. The first-order chi connectivity index (χ1) is 3.18. The van der Waals surface area contributed by atoms with Crippen molar-refractivity contribution in [1.82, 2.24) is 0 Å². The quantitative estimate of drug-likeness (QED) is 0.398. The second-order valence-electron chi connectivity index (χ2n) is 0.867. The summed E-state index contributed by atoms with van der Waals surface area (Å²) in [5.41, 5.74) is 0. The lowest BCUT2D eigenvalue weighted by molar-refractivity contribution is -0.135. The number of halogens is 1. The summed E-state index contributed by atoms with van der Waals surface area (Å²) in [5, 5.41) is 6.73. The molecule has 0 heterocycles. The minimum atomic E-state index is -1.18. The van der Waals surface area contributed by atoms with Crippen LogP contribution in [0, 0.1) is 12.3 Å². The van der Waals surface area contributed by atoms with Crippen molar-refractivity contribution in [3.63, 3.8) is 0 Å². The van der Waals surface area contributed by atoms with E-state index in [0.717, 1.165) is 0 Å². The summed E-state index contributed by atoms with van der Waals surface area (Å²) in [6.07, 6.45) is 4.61. The standard InChI is InChI=1S/C4H3ClO2/c1-2-3(5)4(6)7/h1,3H,(H,6,7). The Morgan fingerprint density at radius 2 is 2.43 bits per heavy atom. The Bertz CT molecular complexity index is 113. The van der Waals surface area contributed by atoms with E-state index in [2.05, 4.69) is 6.42 Å². The number of terminal acetylenes is 1. The Balaban J connectivity index is 3.63. The Hall–Kier alpha value is -0.680. The molecule has 0 bridgehead atoms. The van der Waals surface area contributed by atoms with Gasteiger partial charge in [0, 0.05) is 0 Å². The Morgan fingerprint density at radius 1 is 2.00 bits per heavy atom. The molecule has 0 radical (unpaired) electrons. The highest BCUT2D eigenvalue weighted by molar-refractivity contribution is 6.31. The van der Waals surface area contributed by atoms with E-state index in [9.17, 15) is 4.79 Å². The predicted octanol–water partition coefficient (Wildman–Crippen LogP) is 0.312. The lowest BCUT2D eigenvalue weighted by atomic mass is 10.5. The zero-order valence-electron chi connectivity index (χ0n) is 3.39. The zero-order valence-corrected chi connectivity index (χ0v) is 4.14. The van der Waals surface area contributed by atoms with Crippen LogP contribution in [-0.2, 0) is 4.79 Å². The van der Waals surface area contributed by atoms with Gasteiger partial charge >= 0.3 is 5.97 Å². The molecular formula is C4H3ClO2. The molecule has 0 aromatic heterocycles. The van der Waals surface area contributed by atoms with E-state index in [1.54, 1.807) is 0 Å². The lowest BCUT2D eigenvalue weighted by Gasteiger charge is -1.86. The minimum Gasteiger partial charge on any atom is -0.479 e. The Labute approximate surface area is 46.1 Å². The van der Waals surface area contributed by atoms with E-state index in [-0.39, 0.29) is 0 Å². The molecule has 0 fully saturated rings. The summed E-state index contributed by atoms with van der Waals surface area (Å²) in [6.45, 7) is 0. The minimum absolute atomic E-state index is 1.18. The normalized spacial score (nSPS) is 12.0. The predicted molar refractivity (Wildman–Crippen MR) is 26.1 cm³/mol. The summed E-state index contributed by atoms with van der Waals surface area (Å²) < 4.78 is 0. The number of hydrogen-bond acceptors (Lipinski definition) is 1. The van der Waals surface area contributed by atoms with Gasteiger partial charge in [-0.1, -0.05) is 17.5 Å². The lowest BCUT2D eigenvalue weighted by Crippen LogP contribution is -2.09. The molecule has 0 aliphatic carbocycles. The first-order valence-corrected chi connectivity index (χ1v) is 1.95. The van der Waals surface area contributed by atoms with Crippen molar-refractivity contribution < 1.29 is 9.90 Å². The number of carboxylic acid groups (broad SMARTS) is 1. The SMILES string of the molecule is C#CC(Cl)C(=O)O. The van der Waals surface area contributed by atoms with Gasteiger partial charge in [-0.2, -0.15) is 0 Å². The highest BCUT2D eigenvalue weighted by Crippen LogP contribution is 1.89. The average Bonchev–Trinajstić information content (AvgIpc) is 1.65. The molecule has 2 nitrogen and oxygen atoms in total. The smallest absolute Gasteiger partial charge is 0.334 e. The summed E-state index contributed by atoms with van der Waals surface area (Å²) >= 11 is 4.96. The monoisotopic (exact) mass is 118 g/mol. The molecule has 7 heavy (non-hydrogen) atoms. The first kappa shape index (κ1) is 6.32. The van der Waals surface area contributed by atoms with E-state index >= 15 is 0 Å². The van der Waals surface area contributed by atoms with Gasteiger partial charge in [-0.25, -0.2) is 4.79 Å². The maximum atomic E-state index is 9.66. The van der Waals surface area contributed by atoms with Crippen molar-refractivity contribution in [2.24, 2.45) is 0 Å². The van der Waals surface area contributed by atoms with Crippen molar-refractivity contribution in [3.05, 3.63) is 0 Å². The van der Waals surface area contributed by atoms with Gasteiger partial charge in [0.2, 0.25) is 0 Å². The molecule has 0 spiro atoms. The molecule has 0 aliphatic rings. The maximum Gasteiger partial charge on any atom is 0.334 e. The number of hydrogen-bond donors (Lipinski definition) is 1. The largest absolute Gasteiger partial charge is 0.479 e. The van der Waals surface area contributed by atoms with Gasteiger partial charge in [-0.05, 0) is 0 Å². The van der Waals surface area contributed by atoms with Gasteiger partial charge in [-0.15, -0.1) is 6.42 Å². The van der Waals surface area contributed by atoms with Crippen LogP contribution in [0.2, 0.25) is 0 Å². The van der Waals surface area contributed by atoms with Crippen LogP contribution in [0.3, 0.4) is 0 Å². The number of carboxylic acids is 1. The van der Waals surface area contributed by atoms with Gasteiger partial charge in [-0.3, -0.25) is 0 Å². The van der Waals surface area contributed by atoms with Gasteiger partial charge in [0.1, 0.15) is 0 Å². The van der Waals surface area contributed by atoms with Gasteiger partial charge < -0.3 is 5.11 Å². The Morgan fingerprint density at radius 3 is 2.43 bits per heavy atom. The molecular weight excluding hydrogens is 115 g/mol. The fraction of sp³-hybridized carbons (Fsp3) is 0.250. The molecule has 0 aromatic rings. The van der Waals surface area contributed by atoms with Crippen LogP contribution in [0.15, 0.2) is 0 Å². The van der Waals surface area contributed by atoms with Crippen LogP contribution in [-0.4, -0.2) is 16.5 Å². The topological polar surface area (TPSA) is 37.3 Å². The molecule has 38 valence electrons. The van der Waals surface area contributed by atoms with Crippen LogP contribution in [0.1, 0.15) is 0 Å². The summed E-state index contributed by atoms with van der Waals surface area (Å²) in [4.78, 5) is 9.66. The van der Waals surface area contributed by atoms with E-state index < -0.39 is 11.3 Å². The fourth-order valence-corrected chi connectivity index (χ4v) is 0.0713. The molecule has 0 aromatic carbocycles. The van der Waals surface area contributed by atoms with E-state index in [1.807, 2.05) is 5.92 Å². The van der Waals surface area contributed by atoms with Crippen molar-refractivity contribution in [1.29, 1.82) is 0 Å². The highest BCUT2D eigenvalue weighted by Gasteiger charge is 2.06. The summed E-state index contributed by atoms with van der Waals surface area (Å²) in [7, 11) is 0.